The standard InChI is InChI=1S/C32H31N5O9S/c1-3-35(4-2)23-10-8-20(26(17-23)46-19-30(39)34-21-6-5-7-24(15-21)37(42)43)14-28-31(40)36(32(41)47-28)18-29(38)33-22-9-11-25-27(16-22)45-13-12-44-25/h5-11,14-17H,3-4,12-13,18-19H2,1-2H3,(H,33,38)(H,34,39)/b28-14+. The summed E-state index contributed by atoms with van der Waals surface area (Å²) < 4.78 is 16.9. The third-order valence-electron chi connectivity index (χ3n) is 7.11. The Hall–Kier alpha value is -5.57. The van der Waals surface area contributed by atoms with E-state index in [1.54, 1.807) is 30.3 Å². The molecule has 14 nitrogen and oxygen atoms in total. The molecule has 0 atom stereocenters. The summed E-state index contributed by atoms with van der Waals surface area (Å²) in [6.07, 6.45) is 1.48. The number of rotatable bonds is 12. The van der Waals surface area contributed by atoms with Crippen molar-refractivity contribution in [1.29, 1.82) is 0 Å². The summed E-state index contributed by atoms with van der Waals surface area (Å²) >= 11 is 0.683. The maximum atomic E-state index is 13.3. The minimum absolute atomic E-state index is 0.0728. The summed E-state index contributed by atoms with van der Waals surface area (Å²) in [5.41, 5.74) is 1.72. The molecule has 47 heavy (non-hydrogen) atoms. The van der Waals surface area contributed by atoms with Gasteiger partial charge in [-0.2, -0.15) is 0 Å². The predicted octanol–water partition coefficient (Wildman–Crippen LogP) is 4.90. The minimum Gasteiger partial charge on any atom is -0.486 e. The summed E-state index contributed by atoms with van der Waals surface area (Å²) in [7, 11) is 0. The van der Waals surface area contributed by atoms with Gasteiger partial charge in [-0.1, -0.05) is 6.07 Å². The zero-order chi connectivity index (χ0) is 33.5. The van der Waals surface area contributed by atoms with Crippen LogP contribution < -0.4 is 29.7 Å². The van der Waals surface area contributed by atoms with E-state index in [1.807, 2.05) is 19.9 Å². The number of hydrogen-bond acceptors (Lipinski definition) is 11. The van der Waals surface area contributed by atoms with Gasteiger partial charge in [0.2, 0.25) is 5.91 Å². The van der Waals surface area contributed by atoms with Crippen LogP contribution in [0.15, 0.2) is 65.6 Å². The molecule has 2 aliphatic heterocycles. The third-order valence-corrected chi connectivity index (χ3v) is 8.02. The van der Waals surface area contributed by atoms with Crippen LogP contribution in [-0.2, 0) is 14.4 Å². The molecule has 3 aromatic rings. The number of carbonyl (C=O) groups excluding carboxylic acids is 4. The van der Waals surface area contributed by atoms with Gasteiger partial charge in [-0.05, 0) is 62.0 Å². The van der Waals surface area contributed by atoms with Crippen LogP contribution in [0.1, 0.15) is 19.4 Å². The number of carbonyl (C=O) groups is 4. The Morgan fingerprint density at radius 2 is 1.70 bits per heavy atom. The maximum absolute atomic E-state index is 13.3. The largest absolute Gasteiger partial charge is 0.486 e. The first-order valence-corrected chi connectivity index (χ1v) is 15.5. The fraction of sp³-hybridized carbons (Fsp3) is 0.250. The van der Waals surface area contributed by atoms with Gasteiger partial charge in [0.15, 0.2) is 18.1 Å². The molecule has 1 fully saturated rings. The zero-order valence-electron chi connectivity index (χ0n) is 25.5. The molecule has 244 valence electrons. The highest BCUT2D eigenvalue weighted by Crippen LogP contribution is 2.36. The number of fused-ring (bicyclic) bond motifs is 1. The fourth-order valence-corrected chi connectivity index (χ4v) is 5.66. The molecule has 3 aromatic carbocycles. The van der Waals surface area contributed by atoms with E-state index in [0.29, 0.717) is 60.8 Å². The lowest BCUT2D eigenvalue weighted by molar-refractivity contribution is -0.384. The lowest BCUT2D eigenvalue weighted by Crippen LogP contribution is -2.36. The molecule has 2 heterocycles. The first-order valence-electron chi connectivity index (χ1n) is 14.7. The Labute approximate surface area is 273 Å². The van der Waals surface area contributed by atoms with Crippen molar-refractivity contribution in [2.75, 3.05) is 55.0 Å². The molecule has 0 spiro atoms. The number of thioether (sulfide) groups is 1. The highest BCUT2D eigenvalue weighted by atomic mass is 32.2. The smallest absolute Gasteiger partial charge is 0.294 e. The molecule has 15 heteroatoms. The molecule has 0 radical (unpaired) electrons. The second kappa shape index (κ2) is 14.7. The number of hydrogen-bond donors (Lipinski definition) is 2. The van der Waals surface area contributed by atoms with Crippen LogP contribution in [-0.4, -0.2) is 72.2 Å². The number of nitrogens with one attached hydrogen (secondary N) is 2. The number of non-ortho nitro benzene ring substituents is 1. The molecule has 2 aliphatic rings. The van der Waals surface area contributed by atoms with E-state index in [2.05, 4.69) is 15.5 Å². The second-order valence-electron chi connectivity index (χ2n) is 10.2. The number of anilines is 3. The van der Waals surface area contributed by atoms with E-state index in [4.69, 9.17) is 14.2 Å². The summed E-state index contributed by atoms with van der Waals surface area (Å²) in [6.45, 7) is 5.26. The average Bonchev–Trinajstić information content (AvgIpc) is 3.32. The minimum atomic E-state index is -0.653. The molecule has 0 aromatic heterocycles. The topological polar surface area (TPSA) is 170 Å². The average molecular weight is 662 g/mol. The number of amides is 4. The molecule has 0 bridgehead atoms. The fourth-order valence-electron chi connectivity index (χ4n) is 4.83. The summed E-state index contributed by atoms with van der Waals surface area (Å²) in [6, 6.07) is 15.7. The lowest BCUT2D eigenvalue weighted by atomic mass is 10.1. The van der Waals surface area contributed by atoms with E-state index in [9.17, 15) is 29.3 Å². The monoisotopic (exact) mass is 661 g/mol. The third kappa shape index (κ3) is 7.99. The molecule has 0 saturated carbocycles. The summed E-state index contributed by atoms with van der Waals surface area (Å²) in [4.78, 5) is 65.1. The first-order chi connectivity index (χ1) is 22.6. The van der Waals surface area contributed by atoms with Crippen molar-refractivity contribution in [2.45, 2.75) is 13.8 Å². The highest BCUT2D eigenvalue weighted by Gasteiger charge is 2.36. The quantitative estimate of drug-likeness (QED) is 0.154. The van der Waals surface area contributed by atoms with Crippen LogP contribution in [0.5, 0.6) is 17.2 Å². The van der Waals surface area contributed by atoms with Crippen LogP contribution >= 0.6 is 11.8 Å². The predicted molar refractivity (Wildman–Crippen MR) is 176 cm³/mol. The Bertz CT molecular complexity index is 1760. The van der Waals surface area contributed by atoms with Gasteiger partial charge >= 0.3 is 0 Å². The zero-order valence-corrected chi connectivity index (χ0v) is 26.3. The van der Waals surface area contributed by atoms with Crippen molar-refractivity contribution in [3.8, 4) is 17.2 Å². The van der Waals surface area contributed by atoms with E-state index < -0.39 is 41.0 Å². The molecular formula is C32H31N5O9S. The Balaban J connectivity index is 1.30. The Morgan fingerprint density at radius 3 is 2.45 bits per heavy atom. The van der Waals surface area contributed by atoms with Crippen molar-refractivity contribution in [2.24, 2.45) is 0 Å². The maximum Gasteiger partial charge on any atom is 0.294 e. The highest BCUT2D eigenvalue weighted by molar-refractivity contribution is 8.18. The lowest BCUT2D eigenvalue weighted by Gasteiger charge is -2.22. The van der Waals surface area contributed by atoms with Crippen LogP contribution in [0.3, 0.4) is 0 Å². The Kier molecular flexibility index (Phi) is 10.3. The number of nitro groups is 1. The van der Waals surface area contributed by atoms with Gasteiger partial charge in [0.05, 0.1) is 9.83 Å². The van der Waals surface area contributed by atoms with Gasteiger partial charge in [-0.3, -0.25) is 34.2 Å². The van der Waals surface area contributed by atoms with Crippen LogP contribution in [0.2, 0.25) is 0 Å². The van der Waals surface area contributed by atoms with Gasteiger partial charge in [0.25, 0.3) is 22.7 Å². The van der Waals surface area contributed by atoms with Gasteiger partial charge < -0.3 is 29.7 Å². The van der Waals surface area contributed by atoms with Gasteiger partial charge in [-0.25, -0.2) is 0 Å². The normalized spacial score (nSPS) is 14.6. The van der Waals surface area contributed by atoms with Crippen LogP contribution in [0.4, 0.5) is 27.5 Å². The molecule has 0 unspecified atom stereocenters. The van der Waals surface area contributed by atoms with Gasteiger partial charge in [0.1, 0.15) is 25.5 Å². The van der Waals surface area contributed by atoms with Crippen molar-refractivity contribution in [3.05, 3.63) is 81.2 Å². The number of ether oxygens (including phenoxy) is 3. The molecule has 5 rings (SSSR count). The van der Waals surface area contributed by atoms with Crippen molar-refractivity contribution in [3.63, 3.8) is 0 Å². The molecular weight excluding hydrogens is 630 g/mol. The molecule has 0 aliphatic carbocycles. The van der Waals surface area contributed by atoms with Gasteiger partial charge in [-0.15, -0.1) is 0 Å². The van der Waals surface area contributed by atoms with E-state index in [1.165, 1.54) is 30.3 Å². The first kappa shape index (κ1) is 32.8. The van der Waals surface area contributed by atoms with Crippen molar-refractivity contribution in [1.82, 2.24) is 4.90 Å². The van der Waals surface area contributed by atoms with Crippen molar-refractivity contribution < 1.29 is 38.3 Å². The molecule has 2 N–H and O–H groups in total. The summed E-state index contributed by atoms with van der Waals surface area (Å²) in [5, 5.41) is 15.7. The number of imide groups is 1. The van der Waals surface area contributed by atoms with E-state index >= 15 is 0 Å². The van der Waals surface area contributed by atoms with Crippen LogP contribution in [0.25, 0.3) is 6.08 Å². The molecule has 1 saturated heterocycles. The second-order valence-corrected chi connectivity index (χ2v) is 11.2. The SMILES string of the molecule is CCN(CC)c1ccc(/C=C2/SC(=O)N(CC(=O)Nc3ccc4c(c3)OCCO4)C2=O)c(OCC(=O)Nc2cccc([N+](=O)[O-])c2)c1. The van der Waals surface area contributed by atoms with Crippen molar-refractivity contribution >= 4 is 63.5 Å². The van der Waals surface area contributed by atoms with E-state index in [0.717, 1.165) is 10.6 Å². The summed E-state index contributed by atoms with van der Waals surface area (Å²) in [5.74, 6) is -0.482. The molecule has 4 amide bonds. The number of benzene rings is 3. The van der Waals surface area contributed by atoms with Crippen LogP contribution in [0, 0.1) is 10.1 Å². The van der Waals surface area contributed by atoms with Gasteiger partial charge in [0, 0.05) is 60.0 Å². The Morgan fingerprint density at radius 1 is 0.979 bits per heavy atom. The number of nitrogens with zero attached hydrogens (tertiary/aromatic N) is 3. The van der Waals surface area contributed by atoms with E-state index in [-0.39, 0.29) is 22.0 Å². The number of nitro benzene ring substituents is 1.